The molecule has 3 N–H and O–H groups in total. The zero-order chi connectivity index (χ0) is 7.68. The van der Waals surface area contributed by atoms with Crippen LogP contribution in [0.2, 0.25) is 0 Å². The highest BCUT2D eigenvalue weighted by atomic mass is 15.1. The van der Waals surface area contributed by atoms with Crippen LogP contribution < -0.4 is 11.1 Å². The zero-order valence-electron chi connectivity index (χ0n) is 5.91. The van der Waals surface area contributed by atoms with Crippen LogP contribution in [0.15, 0.2) is 12.3 Å². The zero-order valence-corrected chi connectivity index (χ0v) is 5.91. The second kappa shape index (κ2) is 2.23. The number of hydrogen-bond donors (Lipinski definition) is 2. The van der Waals surface area contributed by atoms with E-state index in [1.165, 1.54) is 0 Å². The molecule has 1 aliphatic rings. The van der Waals surface area contributed by atoms with Crippen molar-refractivity contribution in [3.8, 4) is 0 Å². The molecular formula is C7H8N4. The number of nitrogens with zero attached hydrogens (tertiary/aromatic N) is 2. The van der Waals surface area contributed by atoms with Crippen molar-refractivity contribution >= 4 is 17.8 Å². The lowest BCUT2D eigenvalue weighted by atomic mass is 10.2. The number of aromatic nitrogens is 2. The van der Waals surface area contributed by atoms with Crippen LogP contribution in [0, 0.1) is 0 Å². The lowest BCUT2D eigenvalue weighted by molar-refractivity contribution is 1.13. The largest absolute Gasteiger partial charge is 0.368 e. The van der Waals surface area contributed by atoms with E-state index in [-0.39, 0.29) is 0 Å². The summed E-state index contributed by atoms with van der Waals surface area (Å²) >= 11 is 0. The van der Waals surface area contributed by atoms with Crippen molar-refractivity contribution in [2.24, 2.45) is 0 Å². The molecule has 1 aliphatic heterocycles. The third-order valence-electron chi connectivity index (χ3n) is 1.52. The Morgan fingerprint density at radius 1 is 1.55 bits per heavy atom. The summed E-state index contributed by atoms with van der Waals surface area (Å²) in [5.74, 6) is 1.13. The predicted octanol–water partition coefficient (Wildman–Crippen LogP) is 0.497. The van der Waals surface area contributed by atoms with Crippen LogP contribution in [-0.4, -0.2) is 16.5 Å². The van der Waals surface area contributed by atoms with Crippen LogP contribution in [0.5, 0.6) is 0 Å². The van der Waals surface area contributed by atoms with Gasteiger partial charge in [0.2, 0.25) is 5.95 Å². The summed E-state index contributed by atoms with van der Waals surface area (Å²) in [4.78, 5) is 7.89. The highest BCUT2D eigenvalue weighted by Gasteiger charge is 2.04. The van der Waals surface area contributed by atoms with E-state index >= 15 is 0 Å². The smallest absolute Gasteiger partial charge is 0.221 e. The molecule has 0 amide bonds. The van der Waals surface area contributed by atoms with Gasteiger partial charge in [0.1, 0.15) is 5.82 Å². The Hall–Kier alpha value is -1.58. The van der Waals surface area contributed by atoms with E-state index in [1.54, 1.807) is 6.20 Å². The summed E-state index contributed by atoms with van der Waals surface area (Å²) in [6, 6.07) is 0. The summed E-state index contributed by atoms with van der Waals surface area (Å²) in [5.41, 5.74) is 6.39. The first-order valence-electron chi connectivity index (χ1n) is 3.39. The van der Waals surface area contributed by atoms with Gasteiger partial charge in [0, 0.05) is 18.3 Å². The number of rotatable bonds is 0. The van der Waals surface area contributed by atoms with Gasteiger partial charge in [0.15, 0.2) is 0 Å². The Kier molecular flexibility index (Phi) is 1.25. The molecule has 0 fully saturated rings. The molecule has 4 heteroatoms. The summed E-state index contributed by atoms with van der Waals surface area (Å²) in [7, 11) is 0. The van der Waals surface area contributed by atoms with Crippen LogP contribution in [0.1, 0.15) is 5.56 Å². The Balaban J connectivity index is 2.53. The van der Waals surface area contributed by atoms with Gasteiger partial charge in [-0.25, -0.2) is 4.98 Å². The first kappa shape index (κ1) is 6.15. The molecule has 0 aromatic carbocycles. The maximum absolute atomic E-state index is 5.40. The van der Waals surface area contributed by atoms with Gasteiger partial charge in [-0.2, -0.15) is 4.98 Å². The van der Waals surface area contributed by atoms with Crippen molar-refractivity contribution in [1.82, 2.24) is 9.97 Å². The van der Waals surface area contributed by atoms with E-state index < -0.39 is 0 Å². The standard InChI is InChI=1S/C7H8N4/c8-7-10-4-5-2-1-3-9-6(5)11-7/h1-2,4H,3H2,(H3,8,9,10,11). The second-order valence-corrected chi connectivity index (χ2v) is 2.32. The minimum Gasteiger partial charge on any atom is -0.368 e. The molecule has 11 heavy (non-hydrogen) atoms. The number of nitrogen functional groups attached to an aromatic ring is 1. The van der Waals surface area contributed by atoms with Gasteiger partial charge >= 0.3 is 0 Å². The van der Waals surface area contributed by atoms with Crippen LogP contribution in [-0.2, 0) is 0 Å². The first-order valence-corrected chi connectivity index (χ1v) is 3.39. The summed E-state index contributed by atoms with van der Waals surface area (Å²) in [6.07, 6.45) is 5.70. The number of fused-ring (bicyclic) bond motifs is 1. The Bertz CT molecular complexity index is 305. The van der Waals surface area contributed by atoms with Crippen molar-refractivity contribution in [1.29, 1.82) is 0 Å². The fourth-order valence-electron chi connectivity index (χ4n) is 1.01. The molecule has 0 atom stereocenters. The van der Waals surface area contributed by atoms with E-state index in [9.17, 15) is 0 Å². The molecule has 0 unspecified atom stereocenters. The van der Waals surface area contributed by atoms with E-state index in [2.05, 4.69) is 15.3 Å². The summed E-state index contributed by atoms with van der Waals surface area (Å²) in [5, 5.41) is 3.09. The topological polar surface area (TPSA) is 63.8 Å². The van der Waals surface area contributed by atoms with Gasteiger partial charge in [-0.05, 0) is 0 Å². The molecule has 0 saturated carbocycles. The molecule has 0 aliphatic carbocycles. The first-order chi connectivity index (χ1) is 5.36. The van der Waals surface area contributed by atoms with Gasteiger partial charge in [-0.15, -0.1) is 0 Å². The predicted molar refractivity (Wildman–Crippen MR) is 44.0 cm³/mol. The maximum Gasteiger partial charge on any atom is 0.221 e. The molecule has 2 heterocycles. The molecule has 0 spiro atoms. The molecule has 4 nitrogen and oxygen atoms in total. The van der Waals surface area contributed by atoms with Crippen LogP contribution >= 0.6 is 0 Å². The molecule has 0 bridgehead atoms. The van der Waals surface area contributed by atoms with Crippen LogP contribution in [0.3, 0.4) is 0 Å². The average molecular weight is 148 g/mol. The lowest BCUT2D eigenvalue weighted by Gasteiger charge is -2.10. The molecular weight excluding hydrogens is 140 g/mol. The van der Waals surface area contributed by atoms with E-state index in [0.29, 0.717) is 5.95 Å². The third-order valence-corrected chi connectivity index (χ3v) is 1.52. The van der Waals surface area contributed by atoms with Crippen molar-refractivity contribution in [3.05, 3.63) is 17.8 Å². The third kappa shape index (κ3) is 1.02. The monoisotopic (exact) mass is 148 g/mol. The molecule has 0 radical (unpaired) electrons. The van der Waals surface area contributed by atoms with Crippen molar-refractivity contribution < 1.29 is 0 Å². The highest BCUT2D eigenvalue weighted by Crippen LogP contribution is 2.16. The van der Waals surface area contributed by atoms with E-state index in [0.717, 1.165) is 17.9 Å². The minimum absolute atomic E-state index is 0.312. The van der Waals surface area contributed by atoms with Crippen LogP contribution in [0.25, 0.3) is 6.08 Å². The minimum atomic E-state index is 0.312. The average Bonchev–Trinajstić information content (AvgIpc) is 2.04. The molecule has 56 valence electrons. The number of anilines is 2. The molecule has 0 saturated heterocycles. The normalized spacial score (nSPS) is 13.8. The van der Waals surface area contributed by atoms with Crippen molar-refractivity contribution in [2.75, 3.05) is 17.6 Å². The molecule has 1 aromatic heterocycles. The SMILES string of the molecule is Nc1ncc2c(n1)NCC=C2. The fourth-order valence-corrected chi connectivity index (χ4v) is 1.01. The quantitative estimate of drug-likeness (QED) is 0.562. The van der Waals surface area contributed by atoms with Gasteiger partial charge in [-0.1, -0.05) is 12.2 Å². The fraction of sp³-hybridized carbons (Fsp3) is 0.143. The number of nitrogens with one attached hydrogen (secondary N) is 1. The Morgan fingerprint density at radius 2 is 2.45 bits per heavy atom. The van der Waals surface area contributed by atoms with Gasteiger partial charge in [0.05, 0.1) is 0 Å². The lowest BCUT2D eigenvalue weighted by Crippen LogP contribution is -2.08. The van der Waals surface area contributed by atoms with Crippen LogP contribution in [0.4, 0.5) is 11.8 Å². The Labute approximate surface area is 64.2 Å². The van der Waals surface area contributed by atoms with Gasteiger partial charge in [-0.3, -0.25) is 0 Å². The van der Waals surface area contributed by atoms with Gasteiger partial charge in [0.25, 0.3) is 0 Å². The van der Waals surface area contributed by atoms with Crippen molar-refractivity contribution in [3.63, 3.8) is 0 Å². The Morgan fingerprint density at radius 3 is 3.36 bits per heavy atom. The van der Waals surface area contributed by atoms with Crippen molar-refractivity contribution in [2.45, 2.75) is 0 Å². The van der Waals surface area contributed by atoms with E-state index in [4.69, 9.17) is 5.73 Å². The number of hydrogen-bond acceptors (Lipinski definition) is 4. The second-order valence-electron chi connectivity index (χ2n) is 2.32. The molecule has 2 rings (SSSR count). The highest BCUT2D eigenvalue weighted by molar-refractivity contribution is 5.66. The number of nitrogens with two attached hydrogens (primary N) is 1. The summed E-state index contributed by atoms with van der Waals surface area (Å²) in [6.45, 7) is 0.809. The van der Waals surface area contributed by atoms with E-state index in [1.807, 2.05) is 12.2 Å². The maximum atomic E-state index is 5.40. The molecule has 1 aromatic rings. The van der Waals surface area contributed by atoms with Gasteiger partial charge < -0.3 is 11.1 Å². The summed E-state index contributed by atoms with van der Waals surface area (Å²) < 4.78 is 0.